The topological polar surface area (TPSA) is 60.5 Å². The van der Waals surface area contributed by atoms with Gasteiger partial charge < -0.3 is 10.5 Å². The molecule has 0 saturated carbocycles. The van der Waals surface area contributed by atoms with Gasteiger partial charge in [0.15, 0.2) is 0 Å². The van der Waals surface area contributed by atoms with Crippen LogP contribution in [0, 0.1) is 0 Å². The molecular weight excluding hydrogens is 270 g/mol. The molecule has 0 bridgehead atoms. The van der Waals surface area contributed by atoms with Crippen LogP contribution in [0.15, 0.2) is 40.8 Å². The van der Waals surface area contributed by atoms with Crippen LogP contribution in [0.2, 0.25) is 0 Å². The SMILES string of the molecule is NC(CCl)=Nc1ccc(OCc2nccs2)cc1. The van der Waals surface area contributed by atoms with E-state index in [1.54, 1.807) is 17.5 Å². The second-order valence-corrected chi connectivity index (χ2v) is 4.69. The van der Waals surface area contributed by atoms with Crippen molar-refractivity contribution < 1.29 is 4.74 Å². The molecule has 2 aromatic rings. The van der Waals surface area contributed by atoms with E-state index in [1.807, 2.05) is 29.6 Å². The monoisotopic (exact) mass is 281 g/mol. The third-order valence-corrected chi connectivity index (χ3v) is 3.12. The predicted molar refractivity (Wildman–Crippen MR) is 74.9 cm³/mol. The first kappa shape index (κ1) is 12.9. The molecule has 1 aromatic carbocycles. The molecule has 0 amide bonds. The molecule has 0 spiro atoms. The minimum atomic E-state index is 0.225. The highest BCUT2D eigenvalue weighted by Gasteiger charge is 1.98. The fourth-order valence-corrected chi connectivity index (χ4v) is 1.87. The zero-order valence-electron chi connectivity index (χ0n) is 9.54. The molecular formula is C12H12ClN3OS. The quantitative estimate of drug-likeness (QED) is 0.521. The Labute approximate surface area is 114 Å². The van der Waals surface area contributed by atoms with Crippen LogP contribution in [0.1, 0.15) is 5.01 Å². The number of nitrogens with two attached hydrogens (primary N) is 1. The Balaban J connectivity index is 1.95. The number of amidine groups is 1. The van der Waals surface area contributed by atoms with Crippen molar-refractivity contribution in [2.75, 3.05) is 5.88 Å². The summed E-state index contributed by atoms with van der Waals surface area (Å²) in [7, 11) is 0. The average molecular weight is 282 g/mol. The molecule has 94 valence electrons. The third kappa shape index (κ3) is 3.72. The number of nitrogens with zero attached hydrogens (tertiary/aromatic N) is 2. The van der Waals surface area contributed by atoms with E-state index in [0.29, 0.717) is 12.4 Å². The highest BCUT2D eigenvalue weighted by atomic mass is 35.5. The number of rotatable bonds is 5. The van der Waals surface area contributed by atoms with Gasteiger partial charge in [-0.1, -0.05) is 0 Å². The molecule has 0 saturated heterocycles. The van der Waals surface area contributed by atoms with Gasteiger partial charge in [-0.2, -0.15) is 0 Å². The Kier molecular flexibility index (Phi) is 4.55. The summed E-state index contributed by atoms with van der Waals surface area (Å²) in [5, 5.41) is 2.87. The first-order valence-corrected chi connectivity index (χ1v) is 6.69. The van der Waals surface area contributed by atoms with Crippen LogP contribution in [0.4, 0.5) is 5.69 Å². The fraction of sp³-hybridized carbons (Fsp3) is 0.167. The minimum Gasteiger partial charge on any atom is -0.486 e. The lowest BCUT2D eigenvalue weighted by molar-refractivity contribution is 0.305. The van der Waals surface area contributed by atoms with Gasteiger partial charge in [-0.15, -0.1) is 22.9 Å². The maximum Gasteiger partial charge on any atom is 0.140 e. The first-order chi connectivity index (χ1) is 8.78. The smallest absolute Gasteiger partial charge is 0.140 e. The minimum absolute atomic E-state index is 0.225. The summed E-state index contributed by atoms with van der Waals surface area (Å²) in [6.45, 7) is 0.476. The van der Waals surface area contributed by atoms with Crippen LogP contribution < -0.4 is 10.5 Å². The van der Waals surface area contributed by atoms with Crippen molar-refractivity contribution >= 4 is 34.5 Å². The summed E-state index contributed by atoms with van der Waals surface area (Å²) >= 11 is 7.12. The number of aromatic nitrogens is 1. The number of ether oxygens (including phenoxy) is 1. The highest BCUT2D eigenvalue weighted by Crippen LogP contribution is 2.19. The van der Waals surface area contributed by atoms with E-state index in [2.05, 4.69) is 9.98 Å². The van der Waals surface area contributed by atoms with Gasteiger partial charge in [-0.05, 0) is 24.3 Å². The summed E-state index contributed by atoms with van der Waals surface area (Å²) in [6.07, 6.45) is 1.76. The molecule has 2 rings (SSSR count). The van der Waals surface area contributed by atoms with E-state index in [4.69, 9.17) is 22.1 Å². The largest absolute Gasteiger partial charge is 0.486 e. The fourth-order valence-electron chi connectivity index (χ4n) is 1.28. The number of benzene rings is 1. The van der Waals surface area contributed by atoms with Crippen molar-refractivity contribution in [1.29, 1.82) is 0 Å². The van der Waals surface area contributed by atoms with E-state index >= 15 is 0 Å². The van der Waals surface area contributed by atoms with Gasteiger partial charge >= 0.3 is 0 Å². The Bertz CT molecular complexity index is 511. The molecule has 0 unspecified atom stereocenters. The van der Waals surface area contributed by atoms with Gasteiger partial charge in [-0.3, -0.25) is 0 Å². The third-order valence-electron chi connectivity index (χ3n) is 2.09. The summed E-state index contributed by atoms with van der Waals surface area (Å²) < 4.78 is 5.58. The number of alkyl halides is 1. The number of hydrogen-bond donors (Lipinski definition) is 1. The predicted octanol–water partition coefficient (Wildman–Crippen LogP) is 2.95. The molecule has 1 heterocycles. The zero-order chi connectivity index (χ0) is 12.8. The van der Waals surface area contributed by atoms with Gasteiger partial charge in [0.25, 0.3) is 0 Å². The highest BCUT2D eigenvalue weighted by molar-refractivity contribution is 7.09. The van der Waals surface area contributed by atoms with Crippen molar-refractivity contribution in [3.8, 4) is 5.75 Å². The van der Waals surface area contributed by atoms with Gasteiger partial charge in [-0.25, -0.2) is 9.98 Å². The molecule has 0 aliphatic heterocycles. The van der Waals surface area contributed by atoms with E-state index in [-0.39, 0.29) is 5.88 Å². The van der Waals surface area contributed by atoms with E-state index < -0.39 is 0 Å². The van der Waals surface area contributed by atoms with Gasteiger partial charge in [0.05, 0.1) is 11.6 Å². The Hall–Kier alpha value is -1.59. The van der Waals surface area contributed by atoms with Gasteiger partial charge in [0.2, 0.25) is 0 Å². The lowest BCUT2D eigenvalue weighted by Gasteiger charge is -2.04. The van der Waals surface area contributed by atoms with Crippen molar-refractivity contribution in [3.05, 3.63) is 40.8 Å². The molecule has 6 heteroatoms. The van der Waals surface area contributed by atoms with E-state index in [1.165, 1.54) is 0 Å². The summed E-state index contributed by atoms with van der Waals surface area (Å²) in [4.78, 5) is 8.27. The summed E-state index contributed by atoms with van der Waals surface area (Å²) in [5.74, 6) is 1.39. The molecule has 0 fully saturated rings. The average Bonchev–Trinajstić information content (AvgIpc) is 2.91. The summed E-state index contributed by atoms with van der Waals surface area (Å²) in [6, 6.07) is 7.34. The van der Waals surface area contributed by atoms with Gasteiger partial charge in [0.1, 0.15) is 23.2 Å². The van der Waals surface area contributed by atoms with Crippen molar-refractivity contribution in [2.45, 2.75) is 6.61 Å². The Morgan fingerprint density at radius 2 is 2.17 bits per heavy atom. The number of hydrogen-bond acceptors (Lipinski definition) is 4. The number of aliphatic imine (C=N–C) groups is 1. The molecule has 0 aliphatic carbocycles. The lowest BCUT2D eigenvalue weighted by atomic mass is 10.3. The standard InChI is InChI=1S/C12H12ClN3OS/c13-7-11(14)16-9-1-3-10(4-2-9)17-8-12-15-5-6-18-12/h1-6H,7-8H2,(H2,14,16). The van der Waals surface area contributed by atoms with Crippen LogP contribution in [0.3, 0.4) is 0 Å². The second kappa shape index (κ2) is 6.37. The second-order valence-electron chi connectivity index (χ2n) is 3.45. The lowest BCUT2D eigenvalue weighted by Crippen LogP contribution is -2.12. The molecule has 0 aliphatic rings. The Morgan fingerprint density at radius 3 is 2.78 bits per heavy atom. The van der Waals surface area contributed by atoms with Crippen molar-refractivity contribution in [3.63, 3.8) is 0 Å². The molecule has 2 N–H and O–H groups in total. The number of thiazole rings is 1. The first-order valence-electron chi connectivity index (χ1n) is 5.28. The van der Waals surface area contributed by atoms with E-state index in [9.17, 15) is 0 Å². The van der Waals surface area contributed by atoms with E-state index in [0.717, 1.165) is 16.4 Å². The van der Waals surface area contributed by atoms with Crippen LogP contribution in [-0.2, 0) is 6.61 Å². The van der Waals surface area contributed by atoms with Crippen molar-refractivity contribution in [2.24, 2.45) is 10.7 Å². The maximum atomic E-state index is 5.58. The summed E-state index contributed by atoms with van der Waals surface area (Å²) in [5.41, 5.74) is 6.30. The molecule has 0 radical (unpaired) electrons. The van der Waals surface area contributed by atoms with Crippen LogP contribution in [-0.4, -0.2) is 16.7 Å². The molecule has 18 heavy (non-hydrogen) atoms. The molecule has 1 aromatic heterocycles. The zero-order valence-corrected chi connectivity index (χ0v) is 11.1. The number of halogens is 1. The van der Waals surface area contributed by atoms with Crippen LogP contribution in [0.5, 0.6) is 5.75 Å². The van der Waals surface area contributed by atoms with Crippen LogP contribution in [0.25, 0.3) is 0 Å². The molecule has 0 atom stereocenters. The van der Waals surface area contributed by atoms with Crippen molar-refractivity contribution in [1.82, 2.24) is 4.98 Å². The Morgan fingerprint density at radius 1 is 1.39 bits per heavy atom. The molecule has 4 nitrogen and oxygen atoms in total. The van der Waals surface area contributed by atoms with Gasteiger partial charge in [0, 0.05) is 11.6 Å². The maximum absolute atomic E-state index is 5.58. The van der Waals surface area contributed by atoms with Crippen LogP contribution >= 0.6 is 22.9 Å². The normalized spacial score (nSPS) is 11.5.